The molecule has 0 atom stereocenters. The molecule has 0 unspecified atom stereocenters. The second-order valence-electron chi connectivity index (χ2n) is 3.04. The predicted molar refractivity (Wildman–Crippen MR) is 56.9 cm³/mol. The quantitative estimate of drug-likeness (QED) is 0.377. The van der Waals surface area contributed by atoms with Gasteiger partial charge in [0.2, 0.25) is 0 Å². The molecular formula is C10H12N2O4. The molecule has 0 spiro atoms. The van der Waals surface area contributed by atoms with Gasteiger partial charge < -0.3 is 20.9 Å². The Kier molecular flexibility index (Phi) is 3.71. The number of carbonyl (C=O) groups excluding carboxylic acids is 2. The fourth-order valence-corrected chi connectivity index (χ4v) is 1.06. The van der Waals surface area contributed by atoms with Gasteiger partial charge in [0.05, 0.1) is 12.7 Å². The average molecular weight is 224 g/mol. The van der Waals surface area contributed by atoms with E-state index in [1.807, 2.05) is 0 Å². The van der Waals surface area contributed by atoms with Crippen LogP contribution in [0.4, 0.5) is 5.69 Å². The van der Waals surface area contributed by atoms with E-state index in [4.69, 9.17) is 5.73 Å². The zero-order valence-corrected chi connectivity index (χ0v) is 8.69. The van der Waals surface area contributed by atoms with Gasteiger partial charge in [0.25, 0.3) is 5.91 Å². The van der Waals surface area contributed by atoms with Crippen molar-refractivity contribution < 1.29 is 19.4 Å². The van der Waals surface area contributed by atoms with Crippen LogP contribution in [-0.2, 0) is 9.53 Å². The monoisotopic (exact) mass is 224 g/mol. The van der Waals surface area contributed by atoms with Crippen molar-refractivity contribution >= 4 is 17.6 Å². The van der Waals surface area contributed by atoms with Crippen molar-refractivity contribution in [1.29, 1.82) is 0 Å². The lowest BCUT2D eigenvalue weighted by Gasteiger charge is -2.06. The Morgan fingerprint density at radius 2 is 2.19 bits per heavy atom. The molecule has 16 heavy (non-hydrogen) atoms. The van der Waals surface area contributed by atoms with Gasteiger partial charge in [0, 0.05) is 5.69 Å². The van der Waals surface area contributed by atoms with Gasteiger partial charge in [0.1, 0.15) is 12.3 Å². The van der Waals surface area contributed by atoms with Crippen LogP contribution < -0.4 is 11.1 Å². The van der Waals surface area contributed by atoms with Crippen molar-refractivity contribution in [2.24, 2.45) is 0 Å². The number of methoxy groups -OCH3 is 1. The number of hydrogen-bond donors (Lipinski definition) is 3. The van der Waals surface area contributed by atoms with E-state index in [2.05, 4.69) is 10.1 Å². The second-order valence-corrected chi connectivity index (χ2v) is 3.04. The average Bonchev–Trinajstić information content (AvgIpc) is 2.28. The number of ether oxygens (including phenoxy) is 1. The van der Waals surface area contributed by atoms with Gasteiger partial charge in [0.15, 0.2) is 0 Å². The van der Waals surface area contributed by atoms with Crippen molar-refractivity contribution in [3.63, 3.8) is 0 Å². The Bertz CT molecular complexity index is 417. The van der Waals surface area contributed by atoms with Gasteiger partial charge in [-0.2, -0.15) is 0 Å². The van der Waals surface area contributed by atoms with Crippen molar-refractivity contribution in [2.75, 3.05) is 19.4 Å². The third kappa shape index (κ3) is 2.88. The number of nitrogens with one attached hydrogen (secondary N) is 1. The molecular weight excluding hydrogens is 212 g/mol. The van der Waals surface area contributed by atoms with E-state index in [1.54, 1.807) is 0 Å². The summed E-state index contributed by atoms with van der Waals surface area (Å²) in [6.07, 6.45) is 0. The largest absolute Gasteiger partial charge is 0.507 e. The summed E-state index contributed by atoms with van der Waals surface area (Å²) in [5, 5.41) is 11.7. The smallest absolute Gasteiger partial charge is 0.325 e. The number of nitrogen functional groups attached to an aromatic ring is 1. The Morgan fingerprint density at radius 1 is 1.50 bits per heavy atom. The zero-order chi connectivity index (χ0) is 12.1. The maximum absolute atomic E-state index is 11.5. The maximum atomic E-state index is 11.5. The fourth-order valence-electron chi connectivity index (χ4n) is 1.06. The molecule has 0 aliphatic rings. The number of benzene rings is 1. The summed E-state index contributed by atoms with van der Waals surface area (Å²) in [5.41, 5.74) is 5.83. The molecule has 86 valence electrons. The van der Waals surface area contributed by atoms with Gasteiger partial charge in [-0.1, -0.05) is 0 Å². The molecule has 0 aliphatic heterocycles. The lowest BCUT2D eigenvalue weighted by molar-refractivity contribution is -0.139. The summed E-state index contributed by atoms with van der Waals surface area (Å²) >= 11 is 0. The zero-order valence-electron chi connectivity index (χ0n) is 8.69. The van der Waals surface area contributed by atoms with Crippen LogP contribution in [0.2, 0.25) is 0 Å². The van der Waals surface area contributed by atoms with Crippen LogP contribution in [0.5, 0.6) is 5.75 Å². The number of amides is 1. The number of aromatic hydroxyl groups is 1. The molecule has 0 saturated heterocycles. The standard InChI is InChI=1S/C10H12N2O4/c1-16-9(14)5-12-10(15)7-4-6(11)2-3-8(7)13/h2-4,13H,5,11H2,1H3,(H,12,15). The van der Waals surface area contributed by atoms with Crippen LogP contribution in [0, 0.1) is 0 Å². The highest BCUT2D eigenvalue weighted by Crippen LogP contribution is 2.19. The summed E-state index contributed by atoms with van der Waals surface area (Å²) in [6, 6.07) is 4.09. The first-order chi connectivity index (χ1) is 7.54. The fraction of sp³-hybridized carbons (Fsp3) is 0.200. The molecule has 1 aromatic carbocycles. The molecule has 4 N–H and O–H groups in total. The predicted octanol–water partition coefficient (Wildman–Crippen LogP) is -0.123. The highest BCUT2D eigenvalue weighted by atomic mass is 16.5. The van der Waals surface area contributed by atoms with E-state index >= 15 is 0 Å². The van der Waals surface area contributed by atoms with E-state index in [0.29, 0.717) is 5.69 Å². The summed E-state index contributed by atoms with van der Waals surface area (Å²) < 4.78 is 4.35. The number of hydrogen-bond acceptors (Lipinski definition) is 5. The molecule has 1 rings (SSSR count). The molecule has 0 fully saturated rings. The van der Waals surface area contributed by atoms with Crippen LogP contribution in [0.25, 0.3) is 0 Å². The molecule has 1 aromatic rings. The Labute approximate surface area is 92.0 Å². The van der Waals surface area contributed by atoms with Crippen molar-refractivity contribution in [1.82, 2.24) is 5.32 Å². The highest BCUT2D eigenvalue weighted by molar-refractivity contribution is 5.99. The topological polar surface area (TPSA) is 102 Å². The van der Waals surface area contributed by atoms with E-state index in [1.165, 1.54) is 25.3 Å². The number of phenols is 1. The van der Waals surface area contributed by atoms with Crippen LogP contribution in [0.1, 0.15) is 10.4 Å². The summed E-state index contributed by atoms with van der Waals surface area (Å²) in [7, 11) is 1.21. The molecule has 6 nitrogen and oxygen atoms in total. The van der Waals surface area contributed by atoms with Crippen LogP contribution >= 0.6 is 0 Å². The normalized spacial score (nSPS) is 9.56. The van der Waals surface area contributed by atoms with Gasteiger partial charge in [-0.05, 0) is 18.2 Å². The molecule has 6 heteroatoms. The lowest BCUT2D eigenvalue weighted by Crippen LogP contribution is -2.30. The summed E-state index contributed by atoms with van der Waals surface area (Å²) in [4.78, 5) is 22.3. The first-order valence-corrected chi connectivity index (χ1v) is 4.48. The Balaban J connectivity index is 2.73. The van der Waals surface area contributed by atoms with E-state index in [-0.39, 0.29) is 17.9 Å². The molecule has 0 saturated carbocycles. The van der Waals surface area contributed by atoms with Crippen LogP contribution in [0.3, 0.4) is 0 Å². The molecule has 0 radical (unpaired) electrons. The number of carbonyl (C=O) groups is 2. The molecule has 0 bridgehead atoms. The van der Waals surface area contributed by atoms with Crippen molar-refractivity contribution in [3.05, 3.63) is 23.8 Å². The third-order valence-corrected chi connectivity index (χ3v) is 1.89. The van der Waals surface area contributed by atoms with Gasteiger partial charge in [-0.3, -0.25) is 9.59 Å². The number of phenolic OH excluding ortho intramolecular Hbond substituents is 1. The Morgan fingerprint density at radius 3 is 2.81 bits per heavy atom. The molecule has 0 heterocycles. The van der Waals surface area contributed by atoms with Crippen LogP contribution in [0.15, 0.2) is 18.2 Å². The number of rotatable bonds is 3. The highest BCUT2D eigenvalue weighted by Gasteiger charge is 2.12. The van der Waals surface area contributed by atoms with Gasteiger partial charge in [-0.15, -0.1) is 0 Å². The van der Waals surface area contributed by atoms with Gasteiger partial charge >= 0.3 is 5.97 Å². The molecule has 1 amide bonds. The Hall–Kier alpha value is -2.24. The number of nitrogens with two attached hydrogens (primary N) is 1. The molecule has 0 aromatic heterocycles. The SMILES string of the molecule is COC(=O)CNC(=O)c1cc(N)ccc1O. The first-order valence-electron chi connectivity index (χ1n) is 4.48. The number of esters is 1. The minimum atomic E-state index is -0.588. The van der Waals surface area contributed by atoms with Crippen molar-refractivity contribution in [3.8, 4) is 5.75 Å². The number of anilines is 1. The van der Waals surface area contributed by atoms with E-state index in [9.17, 15) is 14.7 Å². The summed E-state index contributed by atoms with van der Waals surface area (Å²) in [5.74, 6) is -1.36. The minimum absolute atomic E-state index is 0.0175. The van der Waals surface area contributed by atoms with Crippen LogP contribution in [-0.4, -0.2) is 30.6 Å². The maximum Gasteiger partial charge on any atom is 0.325 e. The van der Waals surface area contributed by atoms with Gasteiger partial charge in [-0.25, -0.2) is 0 Å². The second kappa shape index (κ2) is 5.01. The minimum Gasteiger partial charge on any atom is -0.507 e. The molecule has 0 aliphatic carbocycles. The first kappa shape index (κ1) is 11.8. The summed E-state index contributed by atoms with van der Waals surface area (Å²) in [6.45, 7) is -0.260. The van der Waals surface area contributed by atoms with Crippen molar-refractivity contribution in [2.45, 2.75) is 0 Å². The van der Waals surface area contributed by atoms with E-state index in [0.717, 1.165) is 0 Å². The lowest BCUT2D eigenvalue weighted by atomic mass is 10.1. The van der Waals surface area contributed by atoms with E-state index < -0.39 is 11.9 Å². The third-order valence-electron chi connectivity index (χ3n) is 1.89.